The Morgan fingerprint density at radius 1 is 1.18 bits per heavy atom. The summed E-state index contributed by atoms with van der Waals surface area (Å²) in [4.78, 5) is 33.4. The zero-order valence-corrected chi connectivity index (χ0v) is 15.8. The van der Waals surface area contributed by atoms with Crippen LogP contribution in [-0.2, 0) is 16.1 Å². The SMILES string of the molecule is O=C1NCc2cc(N3CCOC4=C3N=CC(C(=O)N3CCCCC3)C4)ccc21. The number of hydrogen-bond acceptors (Lipinski definition) is 5. The quantitative estimate of drug-likeness (QED) is 0.852. The number of anilines is 1. The van der Waals surface area contributed by atoms with Gasteiger partial charge in [-0.2, -0.15) is 0 Å². The molecule has 0 aliphatic carbocycles. The molecular formula is C21H24N4O3. The van der Waals surface area contributed by atoms with E-state index in [0.29, 0.717) is 26.1 Å². The first kappa shape index (κ1) is 17.3. The van der Waals surface area contributed by atoms with Gasteiger partial charge in [0.25, 0.3) is 5.91 Å². The second kappa shape index (κ2) is 6.96. The standard InChI is InChI=1S/C21H24N4O3/c26-20-17-5-4-16(10-14(17)12-23-20)25-8-9-28-18-11-15(13-22-19(18)25)21(27)24-6-2-1-3-7-24/h4-5,10,13,15H,1-3,6-9,11-12H2,(H,23,26). The number of aliphatic imine (C=N–C) groups is 1. The number of likely N-dealkylation sites (tertiary alicyclic amines) is 1. The number of fused-ring (bicyclic) bond motifs is 1. The zero-order chi connectivity index (χ0) is 19.1. The Balaban J connectivity index is 1.37. The summed E-state index contributed by atoms with van der Waals surface area (Å²) >= 11 is 0. The Hall–Kier alpha value is -2.83. The molecule has 7 nitrogen and oxygen atoms in total. The van der Waals surface area contributed by atoms with Crippen LogP contribution in [0.3, 0.4) is 0 Å². The molecular weight excluding hydrogens is 356 g/mol. The number of nitrogens with zero attached hydrogens (tertiary/aromatic N) is 3. The third-order valence-electron chi connectivity index (χ3n) is 5.95. The predicted octanol–water partition coefficient (Wildman–Crippen LogP) is 2.04. The lowest BCUT2D eigenvalue weighted by molar-refractivity contribution is -0.134. The molecule has 1 aromatic carbocycles. The van der Waals surface area contributed by atoms with Crippen LogP contribution in [0, 0.1) is 5.92 Å². The normalized spacial score (nSPS) is 23.9. The van der Waals surface area contributed by atoms with Gasteiger partial charge in [-0.3, -0.25) is 9.59 Å². The fraction of sp³-hybridized carbons (Fsp3) is 0.476. The van der Waals surface area contributed by atoms with Gasteiger partial charge in [0, 0.05) is 43.5 Å². The summed E-state index contributed by atoms with van der Waals surface area (Å²) in [5, 5.41) is 2.85. The van der Waals surface area contributed by atoms with E-state index in [2.05, 4.69) is 15.2 Å². The summed E-state index contributed by atoms with van der Waals surface area (Å²) in [6, 6.07) is 5.88. The van der Waals surface area contributed by atoms with Crippen molar-refractivity contribution in [2.24, 2.45) is 10.9 Å². The van der Waals surface area contributed by atoms with Crippen molar-refractivity contribution >= 4 is 23.7 Å². The molecule has 0 spiro atoms. The van der Waals surface area contributed by atoms with Crippen LogP contribution in [0.4, 0.5) is 5.69 Å². The number of piperidine rings is 1. The van der Waals surface area contributed by atoms with Gasteiger partial charge in [-0.05, 0) is 43.0 Å². The van der Waals surface area contributed by atoms with E-state index in [0.717, 1.165) is 54.3 Å². The number of rotatable bonds is 2. The van der Waals surface area contributed by atoms with E-state index >= 15 is 0 Å². The van der Waals surface area contributed by atoms with Crippen LogP contribution in [0.1, 0.15) is 41.6 Å². The molecule has 4 heterocycles. The zero-order valence-electron chi connectivity index (χ0n) is 15.8. The van der Waals surface area contributed by atoms with Crippen LogP contribution < -0.4 is 10.2 Å². The fourth-order valence-electron chi connectivity index (χ4n) is 4.42. The molecule has 7 heteroatoms. The average Bonchev–Trinajstić information content (AvgIpc) is 3.13. The maximum atomic E-state index is 12.8. The topological polar surface area (TPSA) is 74.2 Å². The second-order valence-electron chi connectivity index (χ2n) is 7.75. The number of benzene rings is 1. The molecule has 4 aliphatic rings. The van der Waals surface area contributed by atoms with Crippen LogP contribution in [0.2, 0.25) is 0 Å². The predicted molar refractivity (Wildman–Crippen MR) is 105 cm³/mol. The number of nitrogens with one attached hydrogen (secondary N) is 1. The summed E-state index contributed by atoms with van der Waals surface area (Å²) < 4.78 is 5.90. The molecule has 4 aliphatic heterocycles. The van der Waals surface area contributed by atoms with Gasteiger partial charge < -0.3 is 19.9 Å². The van der Waals surface area contributed by atoms with Crippen LogP contribution in [-0.4, -0.2) is 49.2 Å². The van der Waals surface area contributed by atoms with Crippen molar-refractivity contribution < 1.29 is 14.3 Å². The van der Waals surface area contributed by atoms with E-state index in [9.17, 15) is 9.59 Å². The average molecular weight is 380 g/mol. The highest BCUT2D eigenvalue weighted by Gasteiger charge is 2.33. The summed E-state index contributed by atoms with van der Waals surface area (Å²) in [6.07, 6.45) is 5.73. The molecule has 1 N–H and O–H groups in total. The molecule has 1 aromatic rings. The maximum absolute atomic E-state index is 12.8. The maximum Gasteiger partial charge on any atom is 0.251 e. The van der Waals surface area contributed by atoms with E-state index in [1.54, 1.807) is 6.21 Å². The lowest BCUT2D eigenvalue weighted by Gasteiger charge is -2.36. The van der Waals surface area contributed by atoms with E-state index in [-0.39, 0.29) is 17.7 Å². The molecule has 1 fully saturated rings. The number of ether oxygens (including phenoxy) is 1. The Morgan fingerprint density at radius 2 is 2.04 bits per heavy atom. The number of amides is 2. The third kappa shape index (κ3) is 2.95. The van der Waals surface area contributed by atoms with Crippen molar-refractivity contribution in [3.05, 3.63) is 40.9 Å². The van der Waals surface area contributed by atoms with E-state index in [1.165, 1.54) is 6.42 Å². The molecule has 0 saturated carbocycles. The Bertz CT molecular complexity index is 886. The van der Waals surface area contributed by atoms with Crippen molar-refractivity contribution in [2.45, 2.75) is 32.2 Å². The largest absolute Gasteiger partial charge is 0.492 e. The fourth-order valence-corrected chi connectivity index (χ4v) is 4.42. The minimum absolute atomic E-state index is 0.0156. The van der Waals surface area contributed by atoms with Gasteiger partial charge >= 0.3 is 0 Å². The van der Waals surface area contributed by atoms with E-state index in [4.69, 9.17) is 4.74 Å². The van der Waals surface area contributed by atoms with Gasteiger partial charge in [0.15, 0.2) is 5.82 Å². The summed E-state index contributed by atoms with van der Waals surface area (Å²) in [6.45, 7) is 3.52. The number of allylic oxidation sites excluding steroid dienone is 1. The first-order valence-corrected chi connectivity index (χ1v) is 10.1. The Kier molecular flexibility index (Phi) is 4.30. The van der Waals surface area contributed by atoms with Gasteiger partial charge in [-0.15, -0.1) is 0 Å². The summed E-state index contributed by atoms with van der Waals surface area (Å²) in [5.41, 5.74) is 2.75. The van der Waals surface area contributed by atoms with Crippen LogP contribution in [0.25, 0.3) is 0 Å². The molecule has 0 aromatic heterocycles. The highest BCUT2D eigenvalue weighted by Crippen LogP contribution is 2.33. The molecule has 0 bridgehead atoms. The highest BCUT2D eigenvalue weighted by molar-refractivity contribution is 5.99. The van der Waals surface area contributed by atoms with Gasteiger partial charge in [-0.25, -0.2) is 4.99 Å². The lowest BCUT2D eigenvalue weighted by Crippen LogP contribution is -2.42. The molecule has 1 unspecified atom stereocenters. The van der Waals surface area contributed by atoms with Gasteiger partial charge in [0.05, 0.1) is 12.5 Å². The minimum atomic E-state index is -0.237. The van der Waals surface area contributed by atoms with Crippen molar-refractivity contribution in [3.8, 4) is 0 Å². The van der Waals surface area contributed by atoms with Crippen molar-refractivity contribution in [1.29, 1.82) is 0 Å². The Labute approximate surface area is 164 Å². The second-order valence-corrected chi connectivity index (χ2v) is 7.75. The van der Waals surface area contributed by atoms with Gasteiger partial charge in [0.1, 0.15) is 12.4 Å². The van der Waals surface area contributed by atoms with Crippen LogP contribution >= 0.6 is 0 Å². The van der Waals surface area contributed by atoms with Gasteiger partial charge in [-0.1, -0.05) is 0 Å². The third-order valence-corrected chi connectivity index (χ3v) is 5.95. The molecule has 28 heavy (non-hydrogen) atoms. The molecule has 5 rings (SSSR count). The first-order chi connectivity index (χ1) is 13.7. The number of carbonyl (C=O) groups excluding carboxylic acids is 2. The summed E-state index contributed by atoms with van der Waals surface area (Å²) in [5.74, 6) is 1.49. The summed E-state index contributed by atoms with van der Waals surface area (Å²) in [7, 11) is 0. The molecule has 0 radical (unpaired) electrons. The minimum Gasteiger partial charge on any atom is -0.492 e. The van der Waals surface area contributed by atoms with Gasteiger partial charge in [0.2, 0.25) is 5.91 Å². The molecule has 1 atom stereocenters. The monoisotopic (exact) mass is 380 g/mol. The van der Waals surface area contributed by atoms with Crippen LogP contribution in [0.5, 0.6) is 0 Å². The highest BCUT2D eigenvalue weighted by atomic mass is 16.5. The smallest absolute Gasteiger partial charge is 0.251 e. The van der Waals surface area contributed by atoms with Crippen LogP contribution in [0.15, 0.2) is 34.8 Å². The number of carbonyl (C=O) groups is 2. The first-order valence-electron chi connectivity index (χ1n) is 10.1. The van der Waals surface area contributed by atoms with E-state index < -0.39 is 0 Å². The Morgan fingerprint density at radius 3 is 2.89 bits per heavy atom. The van der Waals surface area contributed by atoms with Crippen molar-refractivity contribution in [1.82, 2.24) is 10.2 Å². The molecule has 1 saturated heterocycles. The molecule has 146 valence electrons. The van der Waals surface area contributed by atoms with Crippen molar-refractivity contribution in [3.63, 3.8) is 0 Å². The molecule has 2 amide bonds. The van der Waals surface area contributed by atoms with E-state index in [1.807, 2.05) is 23.1 Å². The van der Waals surface area contributed by atoms with Crippen molar-refractivity contribution in [2.75, 3.05) is 31.1 Å². The lowest BCUT2D eigenvalue weighted by atomic mass is 9.99. The number of hydrogen-bond donors (Lipinski definition) is 1.